The first-order chi connectivity index (χ1) is 13.8. The number of H-pyrrole nitrogens is 1. The number of carbonyl (C=O) groups excluding carboxylic acids is 1. The van der Waals surface area contributed by atoms with Gasteiger partial charge in [0.2, 0.25) is 5.12 Å². The van der Waals surface area contributed by atoms with Gasteiger partial charge in [0.25, 0.3) is 5.56 Å². The number of aromatic amines is 1. The van der Waals surface area contributed by atoms with E-state index in [4.69, 9.17) is 15.4 Å². The Hall–Kier alpha value is -2.93. The summed E-state index contributed by atoms with van der Waals surface area (Å²) in [6.45, 7) is -0.585. The number of carbonyl (C=O) groups is 1. The van der Waals surface area contributed by atoms with E-state index in [1.165, 1.54) is 24.3 Å². The highest BCUT2D eigenvalue weighted by Gasteiger charge is 2.43. The molecule has 3 rings (SSSR count). The van der Waals surface area contributed by atoms with Crippen LogP contribution < -0.4 is 11.2 Å². The number of aliphatic hydroxyl groups is 3. The Balaban J connectivity index is 1.88. The van der Waals surface area contributed by atoms with Crippen LogP contribution in [0.3, 0.4) is 0 Å². The molecule has 1 fully saturated rings. The lowest BCUT2D eigenvalue weighted by Crippen LogP contribution is -2.38. The Morgan fingerprint density at radius 1 is 1.28 bits per heavy atom. The molecular formula is C16H15N5O7S. The molecule has 0 amide bonds. The van der Waals surface area contributed by atoms with Crippen molar-refractivity contribution in [1.29, 1.82) is 0 Å². The third-order valence-electron chi connectivity index (χ3n) is 4.19. The van der Waals surface area contributed by atoms with E-state index in [9.17, 15) is 24.6 Å². The second-order valence-corrected chi connectivity index (χ2v) is 7.03. The molecule has 13 heteroatoms. The van der Waals surface area contributed by atoms with Crippen LogP contribution in [0.1, 0.15) is 16.6 Å². The third-order valence-corrected chi connectivity index (χ3v) is 5.12. The molecule has 0 bridgehead atoms. The molecule has 1 saturated heterocycles. The van der Waals surface area contributed by atoms with Crippen molar-refractivity contribution in [2.45, 2.75) is 29.4 Å². The fraction of sp³-hybridized carbons (Fsp3) is 0.312. The van der Waals surface area contributed by atoms with Gasteiger partial charge in [0.1, 0.15) is 18.3 Å². The van der Waals surface area contributed by atoms with Crippen molar-refractivity contribution in [2.75, 3.05) is 6.61 Å². The summed E-state index contributed by atoms with van der Waals surface area (Å²) in [7, 11) is 0. The quantitative estimate of drug-likeness (QED) is 0.225. The van der Waals surface area contributed by atoms with E-state index in [0.717, 1.165) is 10.8 Å². The molecule has 4 atom stereocenters. The summed E-state index contributed by atoms with van der Waals surface area (Å²) in [6.07, 6.45) is -4.39. The van der Waals surface area contributed by atoms with E-state index < -0.39 is 47.5 Å². The van der Waals surface area contributed by atoms with Gasteiger partial charge in [-0.25, -0.2) is 4.79 Å². The average molecular weight is 421 g/mol. The molecule has 0 unspecified atom stereocenters. The standard InChI is InChI=1S/C16H15N5O7S/c17-20-19-8-3-1-7(2-4-8)15(26)29-10-5-21(16(27)18-13(10)25)14-12(24)11(23)9(6-22)28-14/h1-5,9,11-12,14,22-24H,6H2,(H,18,25,27)/t9-,11-,12-,14-/m1/s1. The highest BCUT2D eigenvalue weighted by Crippen LogP contribution is 2.29. The number of azide groups is 1. The van der Waals surface area contributed by atoms with Crippen molar-refractivity contribution in [3.8, 4) is 0 Å². The minimum atomic E-state index is -1.53. The molecule has 2 aromatic rings. The van der Waals surface area contributed by atoms with Gasteiger partial charge >= 0.3 is 5.69 Å². The van der Waals surface area contributed by atoms with Crippen LogP contribution in [-0.4, -0.2) is 54.9 Å². The van der Waals surface area contributed by atoms with E-state index >= 15 is 0 Å². The van der Waals surface area contributed by atoms with Crippen LogP contribution in [0, 0.1) is 0 Å². The second kappa shape index (κ2) is 8.61. The van der Waals surface area contributed by atoms with Crippen molar-refractivity contribution in [2.24, 2.45) is 5.11 Å². The first kappa shape index (κ1) is 20.8. The molecule has 0 radical (unpaired) electrons. The Labute approximate surface area is 166 Å². The molecule has 152 valence electrons. The van der Waals surface area contributed by atoms with Crippen LogP contribution in [0.15, 0.2) is 50.1 Å². The molecule has 2 heterocycles. The number of aromatic nitrogens is 2. The summed E-state index contributed by atoms with van der Waals surface area (Å²) < 4.78 is 6.12. The van der Waals surface area contributed by atoms with Gasteiger partial charge in [-0.3, -0.25) is 19.1 Å². The van der Waals surface area contributed by atoms with Gasteiger partial charge in [0, 0.05) is 22.4 Å². The summed E-state index contributed by atoms with van der Waals surface area (Å²) in [5.74, 6) is 0. The summed E-state index contributed by atoms with van der Waals surface area (Å²) >= 11 is 0.538. The lowest BCUT2D eigenvalue weighted by atomic mass is 10.1. The number of nitrogens with one attached hydrogen (secondary N) is 1. The highest BCUT2D eigenvalue weighted by molar-refractivity contribution is 8.14. The highest BCUT2D eigenvalue weighted by atomic mass is 32.2. The molecule has 0 aliphatic carbocycles. The van der Waals surface area contributed by atoms with E-state index in [2.05, 4.69) is 10.0 Å². The molecule has 0 spiro atoms. The molecular weight excluding hydrogens is 406 g/mol. The zero-order valence-electron chi connectivity index (χ0n) is 14.6. The Morgan fingerprint density at radius 3 is 2.55 bits per heavy atom. The lowest BCUT2D eigenvalue weighted by Gasteiger charge is -2.17. The van der Waals surface area contributed by atoms with E-state index in [-0.39, 0.29) is 10.5 Å². The van der Waals surface area contributed by atoms with Crippen molar-refractivity contribution in [1.82, 2.24) is 9.55 Å². The molecule has 0 saturated carbocycles. The number of rotatable bonds is 5. The monoisotopic (exact) mass is 421 g/mol. The minimum absolute atomic E-state index is 0.147. The third kappa shape index (κ3) is 4.24. The molecule has 1 aliphatic heterocycles. The van der Waals surface area contributed by atoms with E-state index in [1.54, 1.807) is 0 Å². The maximum Gasteiger partial charge on any atom is 0.330 e. The number of aliphatic hydroxyl groups excluding tert-OH is 3. The topological polar surface area (TPSA) is 191 Å². The van der Waals surface area contributed by atoms with Crippen LogP contribution in [0.5, 0.6) is 0 Å². The van der Waals surface area contributed by atoms with Crippen LogP contribution in [0.4, 0.5) is 5.69 Å². The van der Waals surface area contributed by atoms with Gasteiger partial charge in [-0.2, -0.15) is 0 Å². The number of benzene rings is 1. The molecule has 29 heavy (non-hydrogen) atoms. The SMILES string of the molecule is [N-]=[N+]=Nc1ccc(C(=O)Sc2cn([C@@H]3O[C@H](CO)[C@@H](O)[C@H]3O)c(=O)[nH]c2=O)cc1. The molecule has 1 aromatic carbocycles. The summed E-state index contributed by atoms with van der Waals surface area (Å²) in [4.78, 5) is 41.1. The first-order valence-corrected chi connectivity index (χ1v) is 9.02. The van der Waals surface area contributed by atoms with Crippen LogP contribution >= 0.6 is 11.8 Å². The minimum Gasteiger partial charge on any atom is -0.394 e. The van der Waals surface area contributed by atoms with Crippen molar-refractivity contribution < 1.29 is 24.9 Å². The van der Waals surface area contributed by atoms with Gasteiger partial charge < -0.3 is 20.1 Å². The normalized spacial score (nSPS) is 23.6. The Bertz CT molecular complexity index is 1080. The van der Waals surface area contributed by atoms with Gasteiger partial charge in [0.05, 0.1) is 11.5 Å². The number of ether oxygens (including phenoxy) is 1. The Morgan fingerprint density at radius 2 is 1.97 bits per heavy atom. The molecule has 1 aromatic heterocycles. The zero-order chi connectivity index (χ0) is 21.1. The molecule has 12 nitrogen and oxygen atoms in total. The number of hydrogen-bond donors (Lipinski definition) is 4. The summed E-state index contributed by atoms with van der Waals surface area (Å²) in [5, 5.41) is 32.0. The smallest absolute Gasteiger partial charge is 0.330 e. The maximum absolute atomic E-state index is 12.4. The molecule has 1 aliphatic rings. The van der Waals surface area contributed by atoms with Crippen molar-refractivity contribution in [3.63, 3.8) is 0 Å². The van der Waals surface area contributed by atoms with Crippen molar-refractivity contribution >= 4 is 22.6 Å². The van der Waals surface area contributed by atoms with Crippen LogP contribution in [-0.2, 0) is 4.74 Å². The predicted octanol–water partition coefficient (Wildman–Crippen LogP) is 0.0224. The second-order valence-electron chi connectivity index (χ2n) is 6.01. The van der Waals surface area contributed by atoms with E-state index in [1.807, 2.05) is 4.98 Å². The summed E-state index contributed by atoms with van der Waals surface area (Å²) in [6, 6.07) is 5.68. The average Bonchev–Trinajstić information content (AvgIpc) is 2.99. The zero-order valence-corrected chi connectivity index (χ0v) is 15.4. The fourth-order valence-electron chi connectivity index (χ4n) is 2.71. The van der Waals surface area contributed by atoms with Gasteiger partial charge in [0.15, 0.2) is 6.23 Å². The molecule has 4 N–H and O–H groups in total. The summed E-state index contributed by atoms with van der Waals surface area (Å²) in [5.41, 5.74) is 7.19. The number of thioether (sulfide) groups is 1. The largest absolute Gasteiger partial charge is 0.394 e. The number of nitrogens with zero attached hydrogens (tertiary/aromatic N) is 4. The Kier molecular flexibility index (Phi) is 6.17. The fourth-order valence-corrected chi connectivity index (χ4v) is 3.48. The van der Waals surface area contributed by atoms with Gasteiger partial charge in [-0.15, -0.1) is 0 Å². The van der Waals surface area contributed by atoms with E-state index in [0.29, 0.717) is 17.4 Å². The van der Waals surface area contributed by atoms with Crippen LogP contribution in [0.2, 0.25) is 0 Å². The van der Waals surface area contributed by atoms with Crippen molar-refractivity contribution in [3.05, 3.63) is 67.3 Å². The first-order valence-electron chi connectivity index (χ1n) is 8.21. The van der Waals surface area contributed by atoms with Gasteiger partial charge in [-0.05, 0) is 17.3 Å². The van der Waals surface area contributed by atoms with Gasteiger partial charge in [-0.1, -0.05) is 29.4 Å². The number of hydrogen-bond acceptors (Lipinski definition) is 9. The predicted molar refractivity (Wildman–Crippen MR) is 99.8 cm³/mol. The lowest BCUT2D eigenvalue weighted by molar-refractivity contribution is -0.0553. The maximum atomic E-state index is 12.4. The van der Waals surface area contributed by atoms with Crippen LogP contribution in [0.25, 0.3) is 10.4 Å².